The van der Waals surface area contributed by atoms with E-state index in [0.29, 0.717) is 30.9 Å². The molecule has 1 amide bonds. The molecule has 2 N–H and O–H groups in total. The number of hydrogen-bond acceptors (Lipinski definition) is 2. The number of halogens is 2. The Balaban J connectivity index is 1.71. The summed E-state index contributed by atoms with van der Waals surface area (Å²) in [5.41, 5.74) is 0.556. The summed E-state index contributed by atoms with van der Waals surface area (Å²) < 4.78 is 25.9. The van der Waals surface area contributed by atoms with Crippen LogP contribution in [0, 0.1) is 17.6 Å². The van der Waals surface area contributed by atoms with Gasteiger partial charge in [-0.1, -0.05) is 0 Å². The maximum absolute atomic E-state index is 13.0. The molecule has 0 aromatic heterocycles. The molecule has 104 valence electrons. The molecule has 1 aliphatic heterocycles. The Morgan fingerprint density at radius 1 is 1.32 bits per heavy atom. The van der Waals surface area contributed by atoms with Gasteiger partial charge in [0.2, 0.25) is 5.91 Å². The smallest absolute Gasteiger partial charge is 0.220 e. The predicted molar refractivity (Wildman–Crippen MR) is 68.7 cm³/mol. The van der Waals surface area contributed by atoms with Crippen LogP contribution in [0.15, 0.2) is 18.2 Å². The van der Waals surface area contributed by atoms with Gasteiger partial charge in [-0.15, -0.1) is 0 Å². The minimum Gasteiger partial charge on any atom is -0.356 e. The SMILES string of the molecule is O=C(CC1CCNC1)NCCc1cc(F)cc(F)c1. The third kappa shape index (κ3) is 4.59. The molecule has 0 saturated carbocycles. The summed E-state index contributed by atoms with van der Waals surface area (Å²) in [5, 5.41) is 5.99. The van der Waals surface area contributed by atoms with Crippen LogP contribution in [-0.4, -0.2) is 25.5 Å². The largest absolute Gasteiger partial charge is 0.356 e. The van der Waals surface area contributed by atoms with Crippen molar-refractivity contribution in [3.63, 3.8) is 0 Å². The van der Waals surface area contributed by atoms with Crippen LogP contribution in [0.25, 0.3) is 0 Å². The van der Waals surface area contributed by atoms with Crippen molar-refractivity contribution in [2.75, 3.05) is 19.6 Å². The molecule has 0 radical (unpaired) electrons. The van der Waals surface area contributed by atoms with Crippen molar-refractivity contribution < 1.29 is 13.6 Å². The molecule has 1 aromatic rings. The van der Waals surface area contributed by atoms with E-state index in [2.05, 4.69) is 10.6 Å². The van der Waals surface area contributed by atoms with E-state index in [1.54, 1.807) is 0 Å². The van der Waals surface area contributed by atoms with Crippen molar-refractivity contribution in [2.24, 2.45) is 5.92 Å². The number of benzene rings is 1. The Hall–Kier alpha value is -1.49. The summed E-state index contributed by atoms with van der Waals surface area (Å²) >= 11 is 0. The van der Waals surface area contributed by atoms with E-state index in [1.165, 1.54) is 12.1 Å². The van der Waals surface area contributed by atoms with Crippen molar-refractivity contribution >= 4 is 5.91 Å². The summed E-state index contributed by atoms with van der Waals surface area (Å²) in [6.07, 6.45) is 1.98. The molecule has 1 aromatic carbocycles. The van der Waals surface area contributed by atoms with Gasteiger partial charge in [-0.2, -0.15) is 0 Å². The Morgan fingerprint density at radius 2 is 2.05 bits per heavy atom. The molecule has 1 aliphatic rings. The second kappa shape index (κ2) is 6.61. The van der Waals surface area contributed by atoms with Gasteiger partial charge in [0.15, 0.2) is 0 Å². The van der Waals surface area contributed by atoms with E-state index in [1.807, 2.05) is 0 Å². The highest BCUT2D eigenvalue weighted by atomic mass is 19.1. The molecule has 1 fully saturated rings. The Kier molecular flexibility index (Phi) is 4.85. The molecular formula is C14H18F2N2O. The lowest BCUT2D eigenvalue weighted by atomic mass is 10.0. The summed E-state index contributed by atoms with van der Waals surface area (Å²) in [7, 11) is 0. The van der Waals surface area contributed by atoms with Crippen molar-refractivity contribution in [1.29, 1.82) is 0 Å². The van der Waals surface area contributed by atoms with Crippen LogP contribution in [-0.2, 0) is 11.2 Å². The molecule has 1 atom stereocenters. The highest BCUT2D eigenvalue weighted by molar-refractivity contribution is 5.76. The average molecular weight is 268 g/mol. The first-order chi connectivity index (χ1) is 9.13. The summed E-state index contributed by atoms with van der Waals surface area (Å²) in [4.78, 5) is 11.6. The van der Waals surface area contributed by atoms with Gasteiger partial charge in [-0.25, -0.2) is 8.78 Å². The van der Waals surface area contributed by atoms with Gasteiger partial charge in [0.1, 0.15) is 11.6 Å². The standard InChI is InChI=1S/C14H18F2N2O/c15-12-5-10(6-13(16)8-12)2-4-18-14(19)7-11-1-3-17-9-11/h5-6,8,11,17H,1-4,7,9H2,(H,18,19). The normalized spacial score (nSPS) is 18.5. The molecular weight excluding hydrogens is 250 g/mol. The molecule has 3 nitrogen and oxygen atoms in total. The molecule has 1 heterocycles. The zero-order valence-electron chi connectivity index (χ0n) is 10.7. The van der Waals surface area contributed by atoms with Crippen LogP contribution >= 0.6 is 0 Å². The highest BCUT2D eigenvalue weighted by Crippen LogP contribution is 2.12. The van der Waals surface area contributed by atoms with Crippen LogP contribution in [0.4, 0.5) is 8.78 Å². The fraction of sp³-hybridized carbons (Fsp3) is 0.500. The first-order valence-electron chi connectivity index (χ1n) is 6.56. The van der Waals surface area contributed by atoms with Gasteiger partial charge in [0.25, 0.3) is 0 Å². The van der Waals surface area contributed by atoms with Crippen molar-refractivity contribution in [3.05, 3.63) is 35.4 Å². The summed E-state index contributed by atoms with van der Waals surface area (Å²) in [6.45, 7) is 2.27. The number of nitrogens with one attached hydrogen (secondary N) is 2. The van der Waals surface area contributed by atoms with Gasteiger partial charge in [-0.05, 0) is 49.5 Å². The Morgan fingerprint density at radius 3 is 2.68 bits per heavy atom. The first-order valence-corrected chi connectivity index (χ1v) is 6.56. The van der Waals surface area contributed by atoms with E-state index in [4.69, 9.17) is 0 Å². The fourth-order valence-electron chi connectivity index (χ4n) is 2.32. The summed E-state index contributed by atoms with van der Waals surface area (Å²) in [5.74, 6) is -0.756. The predicted octanol–water partition coefficient (Wildman–Crippen LogP) is 1.62. The van der Waals surface area contributed by atoms with Gasteiger partial charge in [-0.3, -0.25) is 4.79 Å². The zero-order chi connectivity index (χ0) is 13.7. The first kappa shape index (κ1) is 13.9. The number of hydrogen-bond donors (Lipinski definition) is 2. The van der Waals surface area contributed by atoms with E-state index < -0.39 is 11.6 Å². The van der Waals surface area contributed by atoms with Crippen LogP contribution < -0.4 is 10.6 Å². The summed E-state index contributed by atoms with van der Waals surface area (Å²) in [6, 6.07) is 3.42. The van der Waals surface area contributed by atoms with Crippen LogP contribution in [0.5, 0.6) is 0 Å². The van der Waals surface area contributed by atoms with E-state index in [-0.39, 0.29) is 5.91 Å². The molecule has 0 aliphatic carbocycles. The lowest BCUT2D eigenvalue weighted by molar-refractivity contribution is -0.121. The van der Waals surface area contributed by atoms with Crippen LogP contribution in [0.1, 0.15) is 18.4 Å². The average Bonchev–Trinajstić information content (AvgIpc) is 2.80. The Bertz CT molecular complexity index is 425. The molecule has 0 bridgehead atoms. The quantitative estimate of drug-likeness (QED) is 0.852. The molecule has 2 rings (SSSR count). The number of carbonyl (C=O) groups is 1. The third-order valence-electron chi connectivity index (χ3n) is 3.29. The monoisotopic (exact) mass is 268 g/mol. The maximum atomic E-state index is 13.0. The second-order valence-electron chi connectivity index (χ2n) is 4.94. The molecule has 0 spiro atoms. The molecule has 19 heavy (non-hydrogen) atoms. The van der Waals surface area contributed by atoms with Gasteiger partial charge >= 0.3 is 0 Å². The molecule has 5 heteroatoms. The lowest BCUT2D eigenvalue weighted by Crippen LogP contribution is -2.28. The van der Waals surface area contributed by atoms with Gasteiger partial charge in [0, 0.05) is 19.0 Å². The fourth-order valence-corrected chi connectivity index (χ4v) is 2.32. The van der Waals surface area contributed by atoms with Crippen molar-refractivity contribution in [2.45, 2.75) is 19.3 Å². The van der Waals surface area contributed by atoms with Crippen molar-refractivity contribution in [3.8, 4) is 0 Å². The number of carbonyl (C=O) groups excluding carboxylic acids is 1. The minimum absolute atomic E-state index is 0.00516. The van der Waals surface area contributed by atoms with Crippen molar-refractivity contribution in [1.82, 2.24) is 10.6 Å². The second-order valence-corrected chi connectivity index (χ2v) is 4.94. The van der Waals surface area contributed by atoms with E-state index >= 15 is 0 Å². The number of rotatable bonds is 5. The van der Waals surface area contributed by atoms with Gasteiger partial charge < -0.3 is 10.6 Å². The minimum atomic E-state index is -0.585. The van der Waals surface area contributed by atoms with Crippen LogP contribution in [0.3, 0.4) is 0 Å². The van der Waals surface area contributed by atoms with E-state index in [9.17, 15) is 13.6 Å². The lowest BCUT2D eigenvalue weighted by Gasteiger charge is -2.09. The highest BCUT2D eigenvalue weighted by Gasteiger charge is 2.17. The van der Waals surface area contributed by atoms with Gasteiger partial charge in [0.05, 0.1) is 0 Å². The van der Waals surface area contributed by atoms with E-state index in [0.717, 1.165) is 25.6 Å². The third-order valence-corrected chi connectivity index (χ3v) is 3.29. The number of amides is 1. The topological polar surface area (TPSA) is 41.1 Å². The maximum Gasteiger partial charge on any atom is 0.220 e. The molecule has 1 saturated heterocycles. The Labute approximate surface area is 111 Å². The molecule has 1 unspecified atom stereocenters. The van der Waals surface area contributed by atoms with Crippen LogP contribution in [0.2, 0.25) is 0 Å². The zero-order valence-corrected chi connectivity index (χ0v) is 10.7.